The first-order valence-electron chi connectivity index (χ1n) is 10.9. The standard InChI is InChI=1S/C25H30FN3O2/c1-17-4-7-22(29-18(2)5-6-19(29)3)16-23(17)20-14-24(26)27-25(15-20)28-10-13-31-12-9-21(28)8-11-30/h4-7,14-16,21,30H,8-13H2,1-3H3. The lowest BCUT2D eigenvalue weighted by Gasteiger charge is -2.30. The van der Waals surface area contributed by atoms with Gasteiger partial charge in [-0.25, -0.2) is 4.98 Å². The van der Waals surface area contributed by atoms with Gasteiger partial charge in [0.05, 0.1) is 6.61 Å². The molecule has 0 aliphatic carbocycles. The second-order valence-electron chi connectivity index (χ2n) is 8.25. The number of nitrogens with zero attached hydrogens (tertiary/aromatic N) is 3. The lowest BCUT2D eigenvalue weighted by atomic mass is 10.00. The minimum atomic E-state index is -0.501. The summed E-state index contributed by atoms with van der Waals surface area (Å²) < 4.78 is 22.5. The molecule has 1 aliphatic rings. The fourth-order valence-corrected chi connectivity index (χ4v) is 4.50. The zero-order valence-corrected chi connectivity index (χ0v) is 18.4. The van der Waals surface area contributed by atoms with Crippen molar-refractivity contribution in [2.45, 2.75) is 39.7 Å². The highest BCUT2D eigenvalue weighted by Gasteiger charge is 2.23. The molecule has 31 heavy (non-hydrogen) atoms. The third-order valence-electron chi connectivity index (χ3n) is 6.11. The molecule has 1 atom stereocenters. The molecule has 0 radical (unpaired) electrons. The molecule has 3 heterocycles. The summed E-state index contributed by atoms with van der Waals surface area (Å²) in [4.78, 5) is 6.28. The lowest BCUT2D eigenvalue weighted by Crippen LogP contribution is -2.37. The number of halogens is 1. The van der Waals surface area contributed by atoms with Crippen molar-refractivity contribution in [2.75, 3.05) is 31.3 Å². The molecule has 0 saturated carbocycles. The van der Waals surface area contributed by atoms with Crippen molar-refractivity contribution >= 4 is 5.82 Å². The number of pyridine rings is 1. The number of aryl methyl sites for hydroxylation is 3. The van der Waals surface area contributed by atoms with Gasteiger partial charge in [0.1, 0.15) is 5.82 Å². The van der Waals surface area contributed by atoms with Crippen LogP contribution in [-0.2, 0) is 4.74 Å². The Balaban J connectivity index is 1.77. The molecule has 4 rings (SSSR count). The van der Waals surface area contributed by atoms with Crippen LogP contribution in [0.15, 0.2) is 42.5 Å². The largest absolute Gasteiger partial charge is 0.396 e. The van der Waals surface area contributed by atoms with Gasteiger partial charge in [0, 0.05) is 48.9 Å². The Morgan fingerprint density at radius 2 is 1.84 bits per heavy atom. The Morgan fingerprint density at radius 3 is 2.58 bits per heavy atom. The van der Waals surface area contributed by atoms with Crippen molar-refractivity contribution in [2.24, 2.45) is 0 Å². The Hall–Kier alpha value is -2.70. The second kappa shape index (κ2) is 9.20. The van der Waals surface area contributed by atoms with Gasteiger partial charge in [-0.05, 0) is 80.6 Å². The zero-order chi connectivity index (χ0) is 22.0. The average molecular weight is 424 g/mol. The third kappa shape index (κ3) is 4.50. The number of aliphatic hydroxyl groups is 1. The van der Waals surface area contributed by atoms with Crippen molar-refractivity contribution in [3.05, 3.63) is 65.4 Å². The van der Waals surface area contributed by atoms with E-state index in [-0.39, 0.29) is 12.6 Å². The van der Waals surface area contributed by atoms with Gasteiger partial charge in [-0.3, -0.25) is 0 Å². The first-order valence-corrected chi connectivity index (χ1v) is 10.9. The molecule has 2 aromatic heterocycles. The fraction of sp³-hybridized carbons (Fsp3) is 0.400. The van der Waals surface area contributed by atoms with Crippen LogP contribution in [0.2, 0.25) is 0 Å². The average Bonchev–Trinajstić information content (AvgIpc) is 2.94. The van der Waals surface area contributed by atoms with Crippen LogP contribution in [0.25, 0.3) is 16.8 Å². The molecule has 6 heteroatoms. The van der Waals surface area contributed by atoms with E-state index in [0.29, 0.717) is 32.0 Å². The van der Waals surface area contributed by atoms with Crippen LogP contribution in [0.4, 0.5) is 10.2 Å². The van der Waals surface area contributed by atoms with E-state index >= 15 is 0 Å². The lowest BCUT2D eigenvalue weighted by molar-refractivity contribution is 0.149. The van der Waals surface area contributed by atoms with Gasteiger partial charge in [0.15, 0.2) is 0 Å². The van der Waals surface area contributed by atoms with E-state index in [4.69, 9.17) is 4.74 Å². The van der Waals surface area contributed by atoms with Crippen molar-refractivity contribution in [1.29, 1.82) is 0 Å². The molecule has 5 nitrogen and oxygen atoms in total. The summed E-state index contributed by atoms with van der Waals surface area (Å²) in [5.41, 5.74) is 6.24. The molecule has 0 amide bonds. The zero-order valence-electron chi connectivity index (χ0n) is 18.4. The van der Waals surface area contributed by atoms with Crippen LogP contribution in [0, 0.1) is 26.7 Å². The normalized spacial score (nSPS) is 17.1. The third-order valence-corrected chi connectivity index (χ3v) is 6.11. The number of hydrogen-bond donors (Lipinski definition) is 1. The van der Waals surface area contributed by atoms with E-state index in [0.717, 1.165) is 40.2 Å². The number of aliphatic hydroxyl groups excluding tert-OH is 1. The summed E-state index contributed by atoms with van der Waals surface area (Å²) in [5, 5.41) is 9.50. The summed E-state index contributed by atoms with van der Waals surface area (Å²) in [7, 11) is 0. The fourth-order valence-electron chi connectivity index (χ4n) is 4.50. The molecule has 1 N–H and O–H groups in total. The highest BCUT2D eigenvalue weighted by atomic mass is 19.1. The first-order chi connectivity index (χ1) is 15.0. The number of anilines is 1. The van der Waals surface area contributed by atoms with E-state index in [1.807, 2.05) is 13.0 Å². The van der Waals surface area contributed by atoms with E-state index in [9.17, 15) is 9.50 Å². The summed E-state index contributed by atoms with van der Waals surface area (Å²) in [5.74, 6) is 0.0932. The summed E-state index contributed by atoms with van der Waals surface area (Å²) in [6.07, 6.45) is 1.40. The maximum absolute atomic E-state index is 14.7. The van der Waals surface area contributed by atoms with E-state index in [1.54, 1.807) is 0 Å². The second-order valence-corrected chi connectivity index (χ2v) is 8.25. The number of benzene rings is 1. The number of hydrogen-bond acceptors (Lipinski definition) is 4. The van der Waals surface area contributed by atoms with Crippen LogP contribution in [-0.4, -0.2) is 47.1 Å². The molecule has 1 aliphatic heterocycles. The van der Waals surface area contributed by atoms with Gasteiger partial charge >= 0.3 is 0 Å². The van der Waals surface area contributed by atoms with Crippen molar-refractivity contribution in [3.63, 3.8) is 0 Å². The molecule has 0 spiro atoms. The molecule has 3 aromatic rings. The molecule has 1 aromatic carbocycles. The van der Waals surface area contributed by atoms with E-state index in [2.05, 4.69) is 58.6 Å². The Morgan fingerprint density at radius 1 is 1.06 bits per heavy atom. The van der Waals surface area contributed by atoms with Crippen LogP contribution in [0.1, 0.15) is 29.8 Å². The predicted molar refractivity (Wildman–Crippen MR) is 121 cm³/mol. The maximum Gasteiger partial charge on any atom is 0.215 e. The van der Waals surface area contributed by atoms with Crippen LogP contribution in [0.5, 0.6) is 0 Å². The van der Waals surface area contributed by atoms with E-state index < -0.39 is 5.95 Å². The van der Waals surface area contributed by atoms with Crippen molar-refractivity contribution in [3.8, 4) is 16.8 Å². The van der Waals surface area contributed by atoms with Gasteiger partial charge in [-0.15, -0.1) is 0 Å². The number of aromatic nitrogens is 2. The van der Waals surface area contributed by atoms with Crippen LogP contribution in [0.3, 0.4) is 0 Å². The van der Waals surface area contributed by atoms with E-state index in [1.165, 1.54) is 6.07 Å². The summed E-state index contributed by atoms with van der Waals surface area (Å²) in [6.45, 7) is 8.12. The quantitative estimate of drug-likeness (QED) is 0.611. The highest BCUT2D eigenvalue weighted by molar-refractivity contribution is 5.72. The van der Waals surface area contributed by atoms with Gasteiger partial charge in [-0.1, -0.05) is 6.07 Å². The predicted octanol–water partition coefficient (Wildman–Crippen LogP) is 4.58. The summed E-state index contributed by atoms with van der Waals surface area (Å²) >= 11 is 0. The minimum absolute atomic E-state index is 0.0762. The molecule has 0 bridgehead atoms. The number of rotatable bonds is 5. The smallest absolute Gasteiger partial charge is 0.215 e. The Bertz CT molecular complexity index is 1040. The molecule has 1 saturated heterocycles. The molecule has 1 fully saturated rings. The molecular formula is C25H30FN3O2. The minimum Gasteiger partial charge on any atom is -0.396 e. The summed E-state index contributed by atoms with van der Waals surface area (Å²) in [6, 6.07) is 14.0. The van der Waals surface area contributed by atoms with Gasteiger partial charge in [0.25, 0.3) is 0 Å². The van der Waals surface area contributed by atoms with Gasteiger partial charge in [0.2, 0.25) is 5.95 Å². The van der Waals surface area contributed by atoms with Crippen LogP contribution >= 0.6 is 0 Å². The number of ether oxygens (including phenoxy) is 1. The molecular weight excluding hydrogens is 393 g/mol. The maximum atomic E-state index is 14.7. The SMILES string of the molecule is Cc1ccc(-n2c(C)ccc2C)cc1-c1cc(F)nc(N2CCOCCC2CCO)c1. The van der Waals surface area contributed by atoms with Gasteiger partial charge < -0.3 is 19.3 Å². The topological polar surface area (TPSA) is 50.5 Å². The Labute approximate surface area is 183 Å². The van der Waals surface area contributed by atoms with Gasteiger partial charge in [-0.2, -0.15) is 4.39 Å². The molecule has 164 valence electrons. The highest BCUT2D eigenvalue weighted by Crippen LogP contribution is 2.31. The van der Waals surface area contributed by atoms with Crippen molar-refractivity contribution < 1.29 is 14.2 Å². The Kier molecular flexibility index (Phi) is 6.39. The van der Waals surface area contributed by atoms with Crippen LogP contribution < -0.4 is 4.90 Å². The van der Waals surface area contributed by atoms with Crippen molar-refractivity contribution in [1.82, 2.24) is 9.55 Å². The molecule has 1 unspecified atom stereocenters. The monoisotopic (exact) mass is 423 g/mol. The first kappa shape index (κ1) is 21.5.